The highest BCUT2D eigenvalue weighted by atomic mass is 16.7. The first-order chi connectivity index (χ1) is 14.3. The van der Waals surface area contributed by atoms with Crippen LogP contribution in [0.1, 0.15) is 32.1 Å². The van der Waals surface area contributed by atoms with Crippen LogP contribution in [-0.2, 0) is 14.2 Å². The van der Waals surface area contributed by atoms with Gasteiger partial charge < -0.3 is 52.5 Å². The fraction of sp³-hybridized carbons (Fsp3) is 1.00. The van der Waals surface area contributed by atoms with Crippen molar-refractivity contribution in [2.75, 3.05) is 19.7 Å². The van der Waals surface area contributed by atoms with Crippen LogP contribution in [0.15, 0.2) is 0 Å². The Morgan fingerprint density at radius 1 is 0.900 bits per heavy atom. The number of aliphatic hydroxyl groups is 3. The van der Waals surface area contributed by atoms with Gasteiger partial charge in [-0.1, -0.05) is 12.8 Å². The van der Waals surface area contributed by atoms with Gasteiger partial charge in [0.15, 0.2) is 6.29 Å². The summed E-state index contributed by atoms with van der Waals surface area (Å²) in [5, 5.41) is 30.8. The number of aliphatic hydroxyl groups excluding tert-OH is 3. The van der Waals surface area contributed by atoms with Crippen molar-refractivity contribution >= 4 is 0 Å². The molecular weight excluding hydrogens is 396 g/mol. The Bertz CT molecular complexity index is 492. The number of hydrogen-bond acceptors (Lipinski definition) is 12. The van der Waals surface area contributed by atoms with Gasteiger partial charge in [0.05, 0.1) is 12.1 Å². The topological polar surface area (TPSA) is 231 Å². The molecule has 12 nitrogen and oxygen atoms in total. The summed E-state index contributed by atoms with van der Waals surface area (Å²) >= 11 is 0. The van der Waals surface area contributed by atoms with E-state index in [-0.39, 0.29) is 6.54 Å². The Balaban J connectivity index is 1.97. The molecule has 2 rings (SSSR count). The molecule has 0 radical (unpaired) electrons. The van der Waals surface area contributed by atoms with Crippen LogP contribution in [0.5, 0.6) is 0 Å². The second-order valence-electron chi connectivity index (χ2n) is 8.20. The molecule has 178 valence electrons. The maximum atomic E-state index is 10.6. The van der Waals surface area contributed by atoms with Crippen LogP contribution in [0, 0.1) is 0 Å². The summed E-state index contributed by atoms with van der Waals surface area (Å²) in [6.07, 6.45) is -2.84. The van der Waals surface area contributed by atoms with E-state index in [9.17, 15) is 15.3 Å². The molecule has 12 heteroatoms. The van der Waals surface area contributed by atoms with E-state index in [0.717, 1.165) is 32.2 Å². The van der Waals surface area contributed by atoms with E-state index in [1.54, 1.807) is 0 Å². The number of rotatable bonds is 11. The van der Waals surface area contributed by atoms with E-state index in [2.05, 4.69) is 5.43 Å². The van der Waals surface area contributed by atoms with Gasteiger partial charge in [-0.3, -0.25) is 11.3 Å². The minimum absolute atomic E-state index is 0.0192. The maximum absolute atomic E-state index is 10.6. The zero-order valence-corrected chi connectivity index (χ0v) is 17.4. The first-order valence-electron chi connectivity index (χ1n) is 10.7. The summed E-state index contributed by atoms with van der Waals surface area (Å²) in [7, 11) is 0. The van der Waals surface area contributed by atoms with E-state index in [4.69, 9.17) is 43.0 Å². The van der Waals surface area contributed by atoms with Crippen LogP contribution in [0.3, 0.4) is 0 Å². The third kappa shape index (κ3) is 6.51. The van der Waals surface area contributed by atoms with Crippen LogP contribution in [0.2, 0.25) is 0 Å². The Labute approximate surface area is 177 Å². The zero-order chi connectivity index (χ0) is 22.3. The molecule has 10 unspecified atom stereocenters. The molecule has 1 aliphatic carbocycles. The molecule has 0 aromatic rings. The van der Waals surface area contributed by atoms with Crippen molar-refractivity contribution in [2.24, 2.45) is 28.8 Å². The van der Waals surface area contributed by atoms with Gasteiger partial charge in [0.2, 0.25) is 0 Å². The third-order valence-corrected chi connectivity index (χ3v) is 5.86. The second kappa shape index (κ2) is 12.5. The highest BCUT2D eigenvalue weighted by molar-refractivity contribution is 5.00. The molecule has 2 aliphatic rings. The predicted molar refractivity (Wildman–Crippen MR) is 110 cm³/mol. The van der Waals surface area contributed by atoms with E-state index < -0.39 is 61.0 Å². The van der Waals surface area contributed by atoms with E-state index in [1.165, 1.54) is 0 Å². The fourth-order valence-corrected chi connectivity index (χ4v) is 3.97. The monoisotopic (exact) mass is 436 g/mol. The molecule has 0 aromatic heterocycles. The van der Waals surface area contributed by atoms with Gasteiger partial charge in [-0.05, 0) is 19.3 Å². The average molecular weight is 437 g/mol. The lowest BCUT2D eigenvalue weighted by Gasteiger charge is -2.46. The van der Waals surface area contributed by atoms with Gasteiger partial charge in [-0.15, -0.1) is 0 Å². The highest BCUT2D eigenvalue weighted by Crippen LogP contribution is 2.28. The molecule has 1 heterocycles. The van der Waals surface area contributed by atoms with Crippen molar-refractivity contribution in [3.8, 4) is 0 Å². The Morgan fingerprint density at radius 2 is 1.60 bits per heavy atom. The van der Waals surface area contributed by atoms with Crippen molar-refractivity contribution in [1.82, 2.24) is 5.43 Å². The number of ether oxygens (including phenoxy) is 3. The molecule has 1 saturated carbocycles. The first kappa shape index (κ1) is 25.8. The summed E-state index contributed by atoms with van der Waals surface area (Å²) in [5.74, 6) is 5.25. The summed E-state index contributed by atoms with van der Waals surface area (Å²) in [4.78, 5) is 0. The highest BCUT2D eigenvalue weighted by Gasteiger charge is 2.48. The lowest BCUT2D eigenvalue weighted by molar-refractivity contribution is -0.291. The van der Waals surface area contributed by atoms with Crippen molar-refractivity contribution in [3.05, 3.63) is 0 Å². The van der Waals surface area contributed by atoms with Crippen molar-refractivity contribution in [3.63, 3.8) is 0 Å². The van der Waals surface area contributed by atoms with Gasteiger partial charge >= 0.3 is 0 Å². The Morgan fingerprint density at radius 3 is 2.27 bits per heavy atom. The maximum Gasteiger partial charge on any atom is 0.176 e. The van der Waals surface area contributed by atoms with Gasteiger partial charge in [0, 0.05) is 31.8 Å². The number of hydrogen-bond donors (Lipinski definition) is 9. The number of nitrogens with one attached hydrogen (secondary N) is 1. The Kier molecular flexibility index (Phi) is 10.8. The molecule has 0 aromatic carbocycles. The van der Waals surface area contributed by atoms with Gasteiger partial charge in [-0.25, -0.2) is 0 Å². The minimum Gasteiger partial charge on any atom is -0.389 e. The molecule has 2 fully saturated rings. The van der Waals surface area contributed by atoms with Crippen molar-refractivity contribution in [2.45, 2.75) is 93.1 Å². The minimum atomic E-state index is -1.27. The normalized spacial score (nSPS) is 42.4. The predicted octanol–water partition coefficient (Wildman–Crippen LogP) is -4.07. The van der Waals surface area contributed by atoms with Crippen LogP contribution < -0.4 is 34.2 Å². The third-order valence-electron chi connectivity index (χ3n) is 5.86. The summed E-state index contributed by atoms with van der Waals surface area (Å²) in [6, 6.07) is -2.09. The van der Waals surface area contributed by atoms with Gasteiger partial charge in [0.1, 0.15) is 30.5 Å². The molecule has 0 bridgehead atoms. The van der Waals surface area contributed by atoms with E-state index in [1.807, 2.05) is 0 Å². The molecular formula is C18H40N6O6. The van der Waals surface area contributed by atoms with Crippen molar-refractivity contribution < 1.29 is 29.5 Å². The van der Waals surface area contributed by atoms with Gasteiger partial charge in [0.25, 0.3) is 0 Å². The quantitative estimate of drug-likeness (QED) is 0.0855. The lowest BCUT2D eigenvalue weighted by atomic mass is 9.84. The molecule has 1 aliphatic heterocycles. The second-order valence-corrected chi connectivity index (χ2v) is 8.20. The molecule has 30 heavy (non-hydrogen) atoms. The zero-order valence-electron chi connectivity index (χ0n) is 17.4. The number of unbranched alkanes of at least 4 members (excludes halogenated alkanes) is 3. The lowest BCUT2D eigenvalue weighted by Crippen LogP contribution is -2.67. The number of nitrogens with two attached hydrogens (primary N) is 5. The van der Waals surface area contributed by atoms with E-state index >= 15 is 0 Å². The average Bonchev–Trinajstić information content (AvgIpc) is 2.72. The first-order valence-corrected chi connectivity index (χ1v) is 10.7. The SMILES string of the molecule is NCC1OC(OC2C(N)CC(N)C(O)C2OCCCCCCNN)C(N)C(O)C1O. The fourth-order valence-electron chi connectivity index (χ4n) is 3.97. The molecule has 0 amide bonds. The number of hydrazine groups is 1. The van der Waals surface area contributed by atoms with Gasteiger partial charge in [-0.2, -0.15) is 0 Å². The summed E-state index contributed by atoms with van der Waals surface area (Å²) in [6.45, 7) is 1.14. The summed E-state index contributed by atoms with van der Waals surface area (Å²) in [5.41, 5.74) is 26.5. The van der Waals surface area contributed by atoms with Crippen molar-refractivity contribution in [1.29, 1.82) is 0 Å². The van der Waals surface area contributed by atoms with Crippen LogP contribution in [-0.4, -0.2) is 96.1 Å². The summed E-state index contributed by atoms with van der Waals surface area (Å²) < 4.78 is 17.6. The largest absolute Gasteiger partial charge is 0.389 e. The standard InChI is InChI=1S/C18H40N6O6/c19-8-11-14(26)15(27)12(22)18(29-11)30-16-10(21)7-9(20)13(25)17(16)28-6-4-2-1-3-5-24-23/h9-18,24-27H,1-8,19-23H2. The van der Waals surface area contributed by atoms with Crippen LogP contribution in [0.25, 0.3) is 0 Å². The molecule has 1 saturated heterocycles. The smallest absolute Gasteiger partial charge is 0.176 e. The molecule has 10 atom stereocenters. The van der Waals surface area contributed by atoms with Crippen LogP contribution in [0.4, 0.5) is 0 Å². The Hall–Kier alpha value is -0.480. The molecule has 0 spiro atoms. The molecule has 14 N–H and O–H groups in total. The van der Waals surface area contributed by atoms with Crippen LogP contribution >= 0.6 is 0 Å². The van der Waals surface area contributed by atoms with E-state index in [0.29, 0.717) is 13.0 Å².